The Labute approximate surface area is 156 Å². The first-order valence-corrected chi connectivity index (χ1v) is 8.23. The largest absolute Gasteiger partial charge is 0.393 e. The maximum absolute atomic E-state index is 9.48. The van der Waals surface area contributed by atoms with Crippen LogP contribution in [0, 0.1) is 0 Å². The Morgan fingerprint density at radius 3 is 2.83 bits per heavy atom. The molecule has 0 spiro atoms. The van der Waals surface area contributed by atoms with Gasteiger partial charge in [0.05, 0.1) is 6.10 Å². The Hall–Kier alpha value is -0.860. The zero-order valence-corrected chi connectivity index (χ0v) is 16.2. The maximum Gasteiger partial charge on any atom is 0.193 e. The normalized spacial score (nSPS) is 16.9. The van der Waals surface area contributed by atoms with E-state index in [4.69, 9.17) is 5.73 Å². The van der Waals surface area contributed by atoms with Crippen LogP contribution in [0.5, 0.6) is 0 Å². The van der Waals surface area contributed by atoms with E-state index in [-0.39, 0.29) is 30.1 Å². The summed E-state index contributed by atoms with van der Waals surface area (Å²) in [5, 5.41) is 12.6. The van der Waals surface area contributed by atoms with E-state index in [1.54, 1.807) is 0 Å². The molecule has 0 bridgehead atoms. The van der Waals surface area contributed by atoms with Crippen LogP contribution in [0.1, 0.15) is 31.7 Å². The molecule has 0 aliphatic carbocycles. The number of aryl methyl sites for hydroxylation is 1. The van der Waals surface area contributed by atoms with E-state index in [9.17, 15) is 5.11 Å². The van der Waals surface area contributed by atoms with Crippen LogP contribution < -0.4 is 11.1 Å². The molecule has 1 aliphatic heterocycles. The number of guanidine groups is 1. The van der Waals surface area contributed by atoms with Gasteiger partial charge >= 0.3 is 0 Å². The van der Waals surface area contributed by atoms with Crippen molar-refractivity contribution in [2.75, 3.05) is 31.5 Å². The van der Waals surface area contributed by atoms with Crippen LogP contribution in [-0.4, -0.2) is 48.2 Å². The number of anilines is 1. The maximum atomic E-state index is 9.48. The molecular weight excluding hydrogens is 403 g/mol. The molecule has 0 atom stereocenters. The van der Waals surface area contributed by atoms with Gasteiger partial charge in [0, 0.05) is 25.3 Å². The number of hydrogen-bond acceptors (Lipinski definition) is 3. The van der Waals surface area contributed by atoms with Crippen LogP contribution in [0.25, 0.3) is 0 Å². The van der Waals surface area contributed by atoms with E-state index in [0.29, 0.717) is 5.96 Å². The number of nitrogens with two attached hydrogens (primary N) is 1. The van der Waals surface area contributed by atoms with Crippen molar-refractivity contribution in [3.05, 3.63) is 29.8 Å². The van der Waals surface area contributed by atoms with Gasteiger partial charge in [-0.3, -0.25) is 4.99 Å². The van der Waals surface area contributed by atoms with Gasteiger partial charge in [0.1, 0.15) is 0 Å². The summed E-state index contributed by atoms with van der Waals surface area (Å²) in [7, 11) is 0. The van der Waals surface area contributed by atoms with E-state index in [2.05, 4.69) is 34.3 Å². The Kier molecular flexibility index (Phi) is 9.50. The molecule has 1 fully saturated rings. The lowest BCUT2D eigenvalue weighted by atomic mass is 10.1. The highest BCUT2D eigenvalue weighted by Crippen LogP contribution is 2.11. The topological polar surface area (TPSA) is 73.9 Å². The van der Waals surface area contributed by atoms with Gasteiger partial charge in [0.15, 0.2) is 5.96 Å². The highest BCUT2D eigenvalue weighted by molar-refractivity contribution is 14.0. The third-order valence-electron chi connectivity index (χ3n) is 4.08. The zero-order valence-electron chi connectivity index (χ0n) is 13.9. The first kappa shape index (κ1) is 20.2. The number of aliphatic hydroxyl groups is 1. The molecule has 1 heterocycles. The average Bonchev–Trinajstić information content (AvgIpc) is 2.53. The van der Waals surface area contributed by atoms with Gasteiger partial charge in [0.2, 0.25) is 0 Å². The zero-order chi connectivity index (χ0) is 15.8. The molecule has 0 amide bonds. The number of hydrogen-bond donors (Lipinski definition) is 3. The summed E-state index contributed by atoms with van der Waals surface area (Å²) in [5.41, 5.74) is 8.20. The van der Waals surface area contributed by atoms with E-state index in [1.165, 1.54) is 5.56 Å². The fraction of sp³-hybridized carbons (Fsp3) is 0.588. The molecule has 130 valence electrons. The van der Waals surface area contributed by atoms with Gasteiger partial charge in [-0.05, 0) is 49.9 Å². The summed E-state index contributed by atoms with van der Waals surface area (Å²) in [4.78, 5) is 6.77. The highest BCUT2D eigenvalue weighted by atomic mass is 127. The Bertz CT molecular complexity index is 487. The van der Waals surface area contributed by atoms with Gasteiger partial charge in [-0.25, -0.2) is 0 Å². The SMILES string of the molecule is CCc1cccc(NC(N)=NCCCN2CCC(O)CC2)c1.I. The Morgan fingerprint density at radius 1 is 1.39 bits per heavy atom. The lowest BCUT2D eigenvalue weighted by Gasteiger charge is -2.29. The van der Waals surface area contributed by atoms with Crippen molar-refractivity contribution in [2.24, 2.45) is 10.7 Å². The molecule has 5 nitrogen and oxygen atoms in total. The second-order valence-corrected chi connectivity index (χ2v) is 5.87. The van der Waals surface area contributed by atoms with Gasteiger partial charge in [0.25, 0.3) is 0 Å². The van der Waals surface area contributed by atoms with Gasteiger partial charge in [-0.1, -0.05) is 19.1 Å². The van der Waals surface area contributed by atoms with Gasteiger partial charge in [-0.15, -0.1) is 24.0 Å². The Morgan fingerprint density at radius 2 is 2.13 bits per heavy atom. The van der Waals surface area contributed by atoms with Crippen molar-refractivity contribution < 1.29 is 5.11 Å². The second kappa shape index (κ2) is 10.8. The molecule has 1 aliphatic rings. The standard InChI is InChI=1S/C17H28N4O.HI/c1-2-14-5-3-6-15(13-14)20-17(18)19-9-4-10-21-11-7-16(22)8-12-21;/h3,5-6,13,16,22H,2,4,7-12H2,1H3,(H3,18,19,20);1H. The van der Waals surface area contributed by atoms with Crippen molar-refractivity contribution in [3.63, 3.8) is 0 Å². The molecule has 2 rings (SSSR count). The fourth-order valence-electron chi connectivity index (χ4n) is 2.69. The molecule has 6 heteroatoms. The molecule has 0 radical (unpaired) electrons. The molecule has 1 saturated heterocycles. The number of likely N-dealkylation sites (tertiary alicyclic amines) is 1. The molecule has 1 aromatic carbocycles. The van der Waals surface area contributed by atoms with E-state index in [0.717, 1.165) is 57.5 Å². The number of aliphatic hydroxyl groups excluding tert-OH is 1. The van der Waals surface area contributed by atoms with Crippen LogP contribution in [0.3, 0.4) is 0 Å². The quantitative estimate of drug-likeness (QED) is 0.280. The summed E-state index contributed by atoms with van der Waals surface area (Å²) >= 11 is 0. The molecule has 23 heavy (non-hydrogen) atoms. The first-order chi connectivity index (χ1) is 10.7. The Balaban J connectivity index is 0.00000264. The lowest BCUT2D eigenvalue weighted by Crippen LogP contribution is -2.36. The van der Waals surface area contributed by atoms with Crippen molar-refractivity contribution >= 4 is 35.6 Å². The number of benzene rings is 1. The van der Waals surface area contributed by atoms with Crippen molar-refractivity contribution in [1.82, 2.24) is 4.90 Å². The number of nitrogens with zero attached hydrogens (tertiary/aromatic N) is 2. The summed E-state index contributed by atoms with van der Waals surface area (Å²) < 4.78 is 0. The predicted octanol–water partition coefficient (Wildman–Crippen LogP) is 2.44. The number of rotatable bonds is 6. The molecule has 4 N–H and O–H groups in total. The summed E-state index contributed by atoms with van der Waals surface area (Å²) in [6.07, 6.45) is 3.68. The van der Waals surface area contributed by atoms with Gasteiger partial charge in [-0.2, -0.15) is 0 Å². The lowest BCUT2D eigenvalue weighted by molar-refractivity contribution is 0.0824. The van der Waals surface area contributed by atoms with Crippen molar-refractivity contribution in [2.45, 2.75) is 38.7 Å². The van der Waals surface area contributed by atoms with Crippen molar-refractivity contribution in [1.29, 1.82) is 0 Å². The minimum Gasteiger partial charge on any atom is -0.393 e. The van der Waals surface area contributed by atoms with Gasteiger partial charge < -0.3 is 21.1 Å². The summed E-state index contributed by atoms with van der Waals surface area (Å²) in [5.74, 6) is 0.474. The molecule has 0 aromatic heterocycles. The summed E-state index contributed by atoms with van der Waals surface area (Å²) in [6.45, 7) is 5.86. The van der Waals surface area contributed by atoms with Crippen LogP contribution in [0.15, 0.2) is 29.3 Å². The number of piperidine rings is 1. The minimum atomic E-state index is -0.104. The molecular formula is C17H29IN4O. The van der Waals surface area contributed by atoms with E-state index in [1.807, 2.05) is 12.1 Å². The minimum absolute atomic E-state index is 0. The summed E-state index contributed by atoms with van der Waals surface area (Å²) in [6, 6.07) is 8.23. The first-order valence-electron chi connectivity index (χ1n) is 8.23. The third kappa shape index (κ3) is 7.50. The van der Waals surface area contributed by atoms with Crippen LogP contribution in [0.2, 0.25) is 0 Å². The number of nitrogens with one attached hydrogen (secondary N) is 1. The second-order valence-electron chi connectivity index (χ2n) is 5.87. The monoisotopic (exact) mass is 432 g/mol. The smallest absolute Gasteiger partial charge is 0.193 e. The predicted molar refractivity (Wildman–Crippen MR) is 108 cm³/mol. The van der Waals surface area contributed by atoms with Crippen molar-refractivity contribution in [3.8, 4) is 0 Å². The highest BCUT2D eigenvalue weighted by Gasteiger charge is 2.15. The van der Waals surface area contributed by atoms with Crippen LogP contribution in [-0.2, 0) is 6.42 Å². The number of aliphatic imine (C=N–C) groups is 1. The number of halogens is 1. The van der Waals surface area contributed by atoms with E-state index >= 15 is 0 Å². The molecule has 0 saturated carbocycles. The third-order valence-corrected chi connectivity index (χ3v) is 4.08. The van der Waals surface area contributed by atoms with Crippen LogP contribution in [0.4, 0.5) is 5.69 Å². The molecule has 1 aromatic rings. The molecule has 0 unspecified atom stereocenters. The van der Waals surface area contributed by atoms with E-state index < -0.39 is 0 Å². The van der Waals surface area contributed by atoms with Crippen LogP contribution >= 0.6 is 24.0 Å². The fourth-order valence-corrected chi connectivity index (χ4v) is 2.69. The average molecular weight is 432 g/mol.